The average Bonchev–Trinajstić information content (AvgIpc) is 2.96. The Morgan fingerprint density at radius 3 is 2.13 bits per heavy atom. The highest BCUT2D eigenvalue weighted by Gasteiger charge is 2.39. The van der Waals surface area contributed by atoms with Crippen molar-refractivity contribution in [1.29, 1.82) is 0 Å². The van der Waals surface area contributed by atoms with Crippen LogP contribution in [0, 0.1) is 0 Å². The molecular formula is C24H29N3O3. The molecule has 1 saturated heterocycles. The lowest BCUT2D eigenvalue weighted by molar-refractivity contribution is -0.130. The van der Waals surface area contributed by atoms with Gasteiger partial charge >= 0.3 is 6.03 Å². The Bertz CT molecular complexity index is 912. The first-order chi connectivity index (χ1) is 14.3. The van der Waals surface area contributed by atoms with Gasteiger partial charge in [-0.3, -0.25) is 14.5 Å². The van der Waals surface area contributed by atoms with Crippen molar-refractivity contribution in [3.05, 3.63) is 65.2 Å². The molecule has 0 aliphatic carbocycles. The summed E-state index contributed by atoms with van der Waals surface area (Å²) < 4.78 is 0. The van der Waals surface area contributed by atoms with Gasteiger partial charge in [-0.1, -0.05) is 76.2 Å². The quantitative estimate of drug-likeness (QED) is 0.680. The molecule has 30 heavy (non-hydrogen) atoms. The summed E-state index contributed by atoms with van der Waals surface area (Å²) in [5, 5.41) is 5.65. The van der Waals surface area contributed by atoms with E-state index in [1.807, 2.05) is 48.5 Å². The molecule has 4 amide bonds. The van der Waals surface area contributed by atoms with Gasteiger partial charge in [0.2, 0.25) is 5.91 Å². The fourth-order valence-electron chi connectivity index (χ4n) is 3.73. The number of amides is 4. The zero-order valence-electron chi connectivity index (χ0n) is 17.9. The molecule has 0 radical (unpaired) electrons. The van der Waals surface area contributed by atoms with E-state index in [0.717, 1.165) is 27.3 Å². The lowest BCUT2D eigenvalue weighted by atomic mass is 9.92. The van der Waals surface area contributed by atoms with Gasteiger partial charge < -0.3 is 10.6 Å². The number of carbonyl (C=O) groups is 3. The smallest absolute Gasteiger partial charge is 0.325 e. The normalized spacial score (nSPS) is 16.3. The van der Waals surface area contributed by atoms with Crippen LogP contribution in [0.15, 0.2) is 48.5 Å². The number of anilines is 1. The maximum Gasteiger partial charge on any atom is 0.325 e. The van der Waals surface area contributed by atoms with E-state index in [4.69, 9.17) is 0 Å². The topological polar surface area (TPSA) is 78.5 Å². The third kappa shape index (κ3) is 4.70. The molecule has 6 nitrogen and oxygen atoms in total. The van der Waals surface area contributed by atoms with Crippen molar-refractivity contribution in [2.45, 2.75) is 52.0 Å². The summed E-state index contributed by atoms with van der Waals surface area (Å²) >= 11 is 0. The Labute approximate surface area is 177 Å². The van der Waals surface area contributed by atoms with E-state index in [2.05, 4.69) is 38.3 Å². The number of carbonyl (C=O) groups excluding carboxylic acids is 3. The van der Waals surface area contributed by atoms with Crippen molar-refractivity contribution < 1.29 is 14.4 Å². The molecule has 2 aromatic rings. The molecule has 158 valence electrons. The zero-order valence-corrected chi connectivity index (χ0v) is 17.9. The predicted molar refractivity (Wildman–Crippen MR) is 117 cm³/mol. The van der Waals surface area contributed by atoms with Gasteiger partial charge in [0, 0.05) is 12.1 Å². The molecule has 2 N–H and O–H groups in total. The van der Waals surface area contributed by atoms with Gasteiger partial charge in [-0.05, 0) is 28.5 Å². The number of nitrogens with one attached hydrogen (secondary N) is 2. The Morgan fingerprint density at radius 2 is 1.57 bits per heavy atom. The maximum atomic E-state index is 12.8. The fraction of sp³-hybridized carbons (Fsp3) is 0.375. The van der Waals surface area contributed by atoms with E-state index in [1.54, 1.807) is 0 Å². The molecule has 1 atom stereocenters. The highest BCUT2D eigenvalue weighted by molar-refractivity contribution is 6.08. The molecule has 0 spiro atoms. The molecule has 6 heteroatoms. The van der Waals surface area contributed by atoms with Crippen LogP contribution in [0.5, 0.6) is 0 Å². The molecule has 1 heterocycles. The van der Waals surface area contributed by atoms with Crippen molar-refractivity contribution in [2.24, 2.45) is 0 Å². The van der Waals surface area contributed by atoms with Crippen molar-refractivity contribution in [1.82, 2.24) is 10.2 Å². The lowest BCUT2D eigenvalue weighted by Gasteiger charge is -2.21. The molecule has 0 saturated carbocycles. The Balaban J connectivity index is 1.72. The van der Waals surface area contributed by atoms with Crippen LogP contribution in [0.2, 0.25) is 0 Å². The largest absolute Gasteiger partial charge is 0.325 e. The van der Waals surface area contributed by atoms with Crippen molar-refractivity contribution >= 4 is 23.5 Å². The molecule has 1 aliphatic heterocycles. The molecule has 1 fully saturated rings. The van der Waals surface area contributed by atoms with E-state index in [0.29, 0.717) is 6.42 Å². The van der Waals surface area contributed by atoms with Crippen molar-refractivity contribution in [3.8, 4) is 0 Å². The molecule has 2 aromatic carbocycles. The monoisotopic (exact) mass is 407 g/mol. The van der Waals surface area contributed by atoms with Gasteiger partial charge in [-0.15, -0.1) is 0 Å². The first kappa shape index (κ1) is 21.6. The first-order valence-corrected chi connectivity index (χ1v) is 10.4. The van der Waals surface area contributed by atoms with Crippen molar-refractivity contribution in [2.75, 3.05) is 11.9 Å². The Kier molecular flexibility index (Phi) is 6.55. The molecular weight excluding hydrogens is 378 g/mol. The number of urea groups is 1. The van der Waals surface area contributed by atoms with Gasteiger partial charge in [0.25, 0.3) is 5.91 Å². The Morgan fingerprint density at radius 1 is 0.967 bits per heavy atom. The van der Waals surface area contributed by atoms with Crippen LogP contribution in [0.1, 0.15) is 56.2 Å². The Hall–Kier alpha value is -3.15. The summed E-state index contributed by atoms with van der Waals surface area (Å²) in [5.41, 5.74) is 3.80. The summed E-state index contributed by atoms with van der Waals surface area (Å²) in [5.74, 6) is -0.300. The minimum absolute atomic E-state index is 0.228. The van der Waals surface area contributed by atoms with E-state index < -0.39 is 12.1 Å². The second-order valence-electron chi connectivity index (χ2n) is 8.29. The third-order valence-corrected chi connectivity index (χ3v) is 5.33. The summed E-state index contributed by atoms with van der Waals surface area (Å²) in [4.78, 5) is 38.8. The third-order valence-electron chi connectivity index (χ3n) is 5.33. The molecule has 0 unspecified atom stereocenters. The van der Waals surface area contributed by atoms with Gasteiger partial charge in [0.15, 0.2) is 0 Å². The maximum absolute atomic E-state index is 12.8. The summed E-state index contributed by atoms with van der Waals surface area (Å²) in [6.45, 7) is 7.97. The fourth-order valence-corrected chi connectivity index (χ4v) is 3.73. The van der Waals surface area contributed by atoms with Crippen LogP contribution in [0.3, 0.4) is 0 Å². The number of hydrogen-bond donors (Lipinski definition) is 2. The zero-order chi connectivity index (χ0) is 21.8. The van der Waals surface area contributed by atoms with E-state index >= 15 is 0 Å². The average molecular weight is 408 g/mol. The number of para-hydroxylation sites is 1. The van der Waals surface area contributed by atoms with Crippen LogP contribution in [0.25, 0.3) is 0 Å². The first-order valence-electron chi connectivity index (χ1n) is 10.4. The minimum Gasteiger partial charge on any atom is -0.325 e. The van der Waals surface area contributed by atoms with E-state index in [9.17, 15) is 14.4 Å². The SMILES string of the molecule is CC(C)c1cccc(C(C)C)c1NC(=O)CN1C(=O)N[C@H](Cc2ccccc2)C1=O. The van der Waals surface area contributed by atoms with Crippen molar-refractivity contribution in [3.63, 3.8) is 0 Å². The number of hydrogen-bond acceptors (Lipinski definition) is 3. The molecule has 0 aromatic heterocycles. The summed E-state index contributed by atoms with van der Waals surface area (Å²) in [6.07, 6.45) is 0.400. The summed E-state index contributed by atoms with van der Waals surface area (Å²) in [7, 11) is 0. The lowest BCUT2D eigenvalue weighted by Crippen LogP contribution is -2.39. The van der Waals surface area contributed by atoms with Gasteiger partial charge in [-0.2, -0.15) is 0 Å². The second-order valence-corrected chi connectivity index (χ2v) is 8.29. The van der Waals surface area contributed by atoms with Gasteiger partial charge in [-0.25, -0.2) is 4.79 Å². The standard InChI is InChI=1S/C24H29N3O3/c1-15(2)18-11-8-12-19(16(3)4)22(18)26-21(28)14-27-23(29)20(25-24(27)30)13-17-9-6-5-7-10-17/h5-12,15-16,20H,13-14H2,1-4H3,(H,25,30)(H,26,28)/t20-/m1/s1. The number of imide groups is 1. The highest BCUT2D eigenvalue weighted by atomic mass is 16.2. The van der Waals surface area contributed by atoms with Crippen LogP contribution in [-0.2, 0) is 16.0 Å². The molecule has 3 rings (SSSR count). The predicted octanol–water partition coefficient (Wildman–Crippen LogP) is 4.04. The van der Waals surface area contributed by atoms with E-state index in [1.165, 1.54) is 0 Å². The van der Waals surface area contributed by atoms with Crippen LogP contribution in [0.4, 0.5) is 10.5 Å². The van der Waals surface area contributed by atoms with Crippen LogP contribution >= 0.6 is 0 Å². The van der Waals surface area contributed by atoms with E-state index in [-0.39, 0.29) is 30.2 Å². The molecule has 0 bridgehead atoms. The number of benzene rings is 2. The number of rotatable bonds is 7. The van der Waals surface area contributed by atoms with Gasteiger partial charge in [0.05, 0.1) is 0 Å². The second kappa shape index (κ2) is 9.11. The summed E-state index contributed by atoms with van der Waals surface area (Å²) in [6, 6.07) is 14.3. The molecule has 1 aliphatic rings. The van der Waals surface area contributed by atoms with Gasteiger partial charge in [0.1, 0.15) is 12.6 Å². The highest BCUT2D eigenvalue weighted by Crippen LogP contribution is 2.32. The van der Waals surface area contributed by atoms with Crippen LogP contribution in [-0.4, -0.2) is 35.3 Å². The van der Waals surface area contributed by atoms with Crippen LogP contribution < -0.4 is 10.6 Å². The number of nitrogens with zero attached hydrogens (tertiary/aromatic N) is 1. The minimum atomic E-state index is -0.651.